The Morgan fingerprint density at radius 1 is 0.571 bits per heavy atom. The predicted molar refractivity (Wildman–Crippen MR) is 87.4 cm³/mol. The van der Waals surface area contributed by atoms with Gasteiger partial charge < -0.3 is 6.92 Å². The van der Waals surface area contributed by atoms with Gasteiger partial charge in [-0.1, -0.05) is 70.6 Å². The fraction of sp³-hybridized carbons (Fsp3) is 0.950. The van der Waals surface area contributed by atoms with Gasteiger partial charge in [0.1, 0.15) is 0 Å². The molecule has 21 heavy (non-hydrogen) atoms. The van der Waals surface area contributed by atoms with Gasteiger partial charge in [0.05, 0.1) is 0 Å². The first-order valence-electron chi connectivity index (χ1n) is 9.64. The summed E-state index contributed by atoms with van der Waals surface area (Å²) in [6, 6.07) is 0. The zero-order valence-electron chi connectivity index (χ0n) is 14.1. The molecule has 0 spiro atoms. The Bertz CT molecular complexity index is 266. The van der Waals surface area contributed by atoms with Gasteiger partial charge in [-0.3, -0.25) is 0 Å². The summed E-state index contributed by atoms with van der Waals surface area (Å²) in [5, 5.41) is 0. The topological polar surface area (TPSA) is 0 Å². The molecule has 0 saturated heterocycles. The van der Waals surface area contributed by atoms with E-state index in [1.807, 2.05) is 0 Å². The monoisotopic (exact) mass is 364 g/mol. The SMILES string of the molecule is [CH2-]C1CCC(CC2CCC(C3CCCCC3)CC2)CC1.[Y]. The van der Waals surface area contributed by atoms with Gasteiger partial charge in [-0.25, -0.2) is 0 Å². The standard InChI is InChI=1S/C20H35.Y/c1-16-7-9-17(10-8-16)15-18-11-13-20(14-12-18)19-5-3-2-4-6-19;/h16-20H,1-15H2;/q-1;. The molecule has 3 aliphatic rings. The zero-order valence-corrected chi connectivity index (χ0v) is 16.9. The number of hydrogen-bond acceptors (Lipinski definition) is 0. The van der Waals surface area contributed by atoms with Crippen LogP contribution in [0.1, 0.15) is 89.9 Å². The average Bonchev–Trinajstić information content (AvgIpc) is 2.51. The van der Waals surface area contributed by atoms with E-state index in [4.69, 9.17) is 0 Å². The molecule has 0 amide bonds. The van der Waals surface area contributed by atoms with Crippen molar-refractivity contribution < 1.29 is 32.7 Å². The second-order valence-corrected chi connectivity index (χ2v) is 8.30. The van der Waals surface area contributed by atoms with E-state index in [9.17, 15) is 0 Å². The molecule has 0 aliphatic heterocycles. The maximum Gasteiger partial charge on any atom is 0 e. The first-order chi connectivity index (χ1) is 9.81. The van der Waals surface area contributed by atoms with Crippen LogP contribution in [0, 0.1) is 36.5 Å². The molecule has 3 saturated carbocycles. The Labute approximate surface area is 158 Å². The third kappa shape index (κ3) is 5.59. The van der Waals surface area contributed by atoms with Crippen molar-refractivity contribution >= 4 is 0 Å². The zero-order chi connectivity index (χ0) is 13.8. The van der Waals surface area contributed by atoms with E-state index in [0.29, 0.717) is 0 Å². The van der Waals surface area contributed by atoms with Gasteiger partial charge in [0.15, 0.2) is 0 Å². The van der Waals surface area contributed by atoms with Crippen LogP contribution in [-0.4, -0.2) is 0 Å². The molecule has 3 aliphatic carbocycles. The second kappa shape index (κ2) is 9.41. The normalized spacial score (nSPS) is 38.7. The summed E-state index contributed by atoms with van der Waals surface area (Å²) in [6.45, 7) is 4.24. The smallest absolute Gasteiger partial charge is 0 e. The van der Waals surface area contributed by atoms with Gasteiger partial charge in [-0.05, 0) is 42.9 Å². The molecular weight excluding hydrogens is 329 g/mol. The van der Waals surface area contributed by atoms with Gasteiger partial charge in [0.25, 0.3) is 0 Å². The largest absolute Gasteiger partial charge is 0.340 e. The Balaban J connectivity index is 0.00000161. The van der Waals surface area contributed by atoms with E-state index < -0.39 is 0 Å². The summed E-state index contributed by atoms with van der Waals surface area (Å²) in [5.74, 6) is 5.15. The minimum absolute atomic E-state index is 0. The van der Waals surface area contributed by atoms with E-state index in [2.05, 4.69) is 6.92 Å². The van der Waals surface area contributed by atoms with E-state index in [1.54, 1.807) is 44.9 Å². The van der Waals surface area contributed by atoms with Crippen molar-refractivity contribution in [1.82, 2.24) is 0 Å². The van der Waals surface area contributed by atoms with E-state index in [0.717, 1.165) is 29.6 Å². The molecule has 0 bridgehead atoms. The molecule has 3 fully saturated rings. The summed E-state index contributed by atoms with van der Waals surface area (Å²) >= 11 is 0. The molecule has 119 valence electrons. The van der Waals surface area contributed by atoms with Crippen LogP contribution in [0.3, 0.4) is 0 Å². The van der Waals surface area contributed by atoms with Gasteiger partial charge in [-0.15, -0.1) is 0 Å². The molecule has 0 unspecified atom stereocenters. The summed E-state index contributed by atoms with van der Waals surface area (Å²) in [7, 11) is 0. The molecule has 0 atom stereocenters. The Morgan fingerprint density at radius 2 is 1.05 bits per heavy atom. The molecular formula is C20H35Y-. The van der Waals surface area contributed by atoms with Crippen molar-refractivity contribution in [1.29, 1.82) is 0 Å². The number of hydrogen-bond donors (Lipinski definition) is 0. The minimum Gasteiger partial charge on any atom is -0.340 e. The molecule has 1 heteroatoms. The summed E-state index contributed by atoms with van der Waals surface area (Å²) < 4.78 is 0. The van der Waals surface area contributed by atoms with Crippen molar-refractivity contribution in [2.24, 2.45) is 29.6 Å². The maximum absolute atomic E-state index is 4.24. The van der Waals surface area contributed by atoms with Gasteiger partial charge in [0.2, 0.25) is 0 Å². The molecule has 0 heterocycles. The van der Waals surface area contributed by atoms with Crippen molar-refractivity contribution in [3.63, 3.8) is 0 Å². The molecule has 0 aromatic carbocycles. The van der Waals surface area contributed by atoms with Crippen LogP contribution in [0.2, 0.25) is 0 Å². The second-order valence-electron chi connectivity index (χ2n) is 8.30. The third-order valence-electron chi connectivity index (χ3n) is 6.84. The van der Waals surface area contributed by atoms with Crippen LogP contribution in [0.25, 0.3) is 0 Å². The Hall–Kier alpha value is 1.10. The molecule has 1 radical (unpaired) electrons. The molecule has 0 nitrogen and oxygen atoms in total. The van der Waals surface area contributed by atoms with Crippen LogP contribution in [-0.2, 0) is 32.7 Å². The molecule has 0 N–H and O–H groups in total. The Kier molecular flexibility index (Phi) is 8.27. The van der Waals surface area contributed by atoms with Crippen molar-refractivity contribution in [2.75, 3.05) is 0 Å². The van der Waals surface area contributed by atoms with Crippen LogP contribution in [0.5, 0.6) is 0 Å². The van der Waals surface area contributed by atoms with Crippen molar-refractivity contribution in [2.45, 2.75) is 89.9 Å². The molecule has 3 rings (SSSR count). The summed E-state index contributed by atoms with van der Waals surface area (Å²) in [5.41, 5.74) is 0. The summed E-state index contributed by atoms with van der Waals surface area (Å²) in [4.78, 5) is 0. The van der Waals surface area contributed by atoms with Crippen LogP contribution >= 0.6 is 0 Å². The summed E-state index contributed by atoms with van der Waals surface area (Å²) in [6.07, 6.45) is 21.3. The van der Waals surface area contributed by atoms with Gasteiger partial charge in [0, 0.05) is 32.7 Å². The van der Waals surface area contributed by atoms with E-state index >= 15 is 0 Å². The molecule has 0 aromatic rings. The van der Waals surface area contributed by atoms with Gasteiger partial charge in [-0.2, -0.15) is 5.92 Å². The van der Waals surface area contributed by atoms with E-state index in [-0.39, 0.29) is 32.7 Å². The first kappa shape index (κ1) is 18.4. The van der Waals surface area contributed by atoms with Crippen molar-refractivity contribution in [3.05, 3.63) is 6.92 Å². The Morgan fingerprint density at radius 3 is 1.62 bits per heavy atom. The van der Waals surface area contributed by atoms with Crippen LogP contribution in [0.15, 0.2) is 0 Å². The first-order valence-corrected chi connectivity index (χ1v) is 9.64. The quantitative estimate of drug-likeness (QED) is 0.508. The van der Waals surface area contributed by atoms with E-state index in [1.165, 1.54) is 44.9 Å². The number of rotatable bonds is 3. The fourth-order valence-electron chi connectivity index (χ4n) is 5.44. The van der Waals surface area contributed by atoms with Crippen LogP contribution < -0.4 is 0 Å². The maximum atomic E-state index is 4.24. The van der Waals surface area contributed by atoms with Crippen molar-refractivity contribution in [3.8, 4) is 0 Å². The fourth-order valence-corrected chi connectivity index (χ4v) is 5.44. The third-order valence-corrected chi connectivity index (χ3v) is 6.84. The molecule has 0 aromatic heterocycles. The minimum atomic E-state index is 0. The van der Waals surface area contributed by atoms with Crippen LogP contribution in [0.4, 0.5) is 0 Å². The average molecular weight is 364 g/mol. The predicted octanol–water partition coefficient (Wildman–Crippen LogP) is 6.40. The van der Waals surface area contributed by atoms with Gasteiger partial charge >= 0.3 is 0 Å².